The van der Waals surface area contributed by atoms with Crippen LogP contribution in [0.2, 0.25) is 0 Å². The van der Waals surface area contributed by atoms with Gasteiger partial charge in [0.2, 0.25) is 0 Å². The van der Waals surface area contributed by atoms with Crippen molar-refractivity contribution in [2.45, 2.75) is 30.6 Å². The number of hydrogen-bond acceptors (Lipinski definition) is 3. The summed E-state index contributed by atoms with van der Waals surface area (Å²) in [5.74, 6) is 0.356. The molecule has 1 fully saturated rings. The number of benzene rings is 1. The highest BCUT2D eigenvalue weighted by Gasteiger charge is 2.41. The Bertz CT molecular complexity index is 420. The largest absolute Gasteiger partial charge is 0.497 e. The van der Waals surface area contributed by atoms with Crippen LogP contribution < -0.4 is 10.1 Å². The zero-order valence-corrected chi connectivity index (χ0v) is 11.9. The first-order valence-electron chi connectivity index (χ1n) is 6.22. The van der Waals surface area contributed by atoms with E-state index in [9.17, 15) is 4.39 Å². The number of halogens is 1. The molecule has 4 heteroatoms. The first-order chi connectivity index (χ1) is 8.60. The standard InChI is InChI=1S/C14H20FNOS/c1-10(16-9-14(18-3)6-7-14)12-5-4-11(17-2)8-13(12)15/h4-5,8,10,16H,6-7,9H2,1-3H3. The Morgan fingerprint density at radius 3 is 2.72 bits per heavy atom. The summed E-state index contributed by atoms with van der Waals surface area (Å²) in [4.78, 5) is 0. The van der Waals surface area contributed by atoms with Crippen LogP contribution in [0.1, 0.15) is 31.4 Å². The average Bonchev–Trinajstić information content (AvgIpc) is 3.16. The number of nitrogens with one attached hydrogen (secondary N) is 1. The van der Waals surface area contributed by atoms with E-state index in [-0.39, 0.29) is 11.9 Å². The molecule has 1 N–H and O–H groups in total. The summed E-state index contributed by atoms with van der Waals surface area (Å²) in [6.45, 7) is 2.95. The highest BCUT2D eigenvalue weighted by Crippen LogP contribution is 2.46. The molecular formula is C14H20FNOS. The molecule has 0 aromatic heterocycles. The van der Waals surface area contributed by atoms with Crippen LogP contribution >= 0.6 is 11.8 Å². The normalized spacial score (nSPS) is 18.4. The van der Waals surface area contributed by atoms with Crippen LogP contribution in [0.4, 0.5) is 4.39 Å². The van der Waals surface area contributed by atoms with E-state index in [1.807, 2.05) is 18.7 Å². The van der Waals surface area contributed by atoms with Crippen molar-refractivity contribution in [2.24, 2.45) is 0 Å². The lowest BCUT2D eigenvalue weighted by atomic mass is 10.1. The van der Waals surface area contributed by atoms with E-state index in [0.717, 1.165) is 6.54 Å². The van der Waals surface area contributed by atoms with Gasteiger partial charge in [0, 0.05) is 29.0 Å². The molecule has 0 radical (unpaired) electrons. The molecule has 0 heterocycles. The van der Waals surface area contributed by atoms with E-state index >= 15 is 0 Å². The van der Waals surface area contributed by atoms with Crippen LogP contribution in [0, 0.1) is 5.82 Å². The number of thioether (sulfide) groups is 1. The maximum Gasteiger partial charge on any atom is 0.131 e. The molecule has 100 valence electrons. The van der Waals surface area contributed by atoms with Gasteiger partial charge in [-0.2, -0.15) is 11.8 Å². The summed E-state index contributed by atoms with van der Waals surface area (Å²) in [6.07, 6.45) is 4.67. The number of methoxy groups -OCH3 is 1. The minimum absolute atomic E-state index is 0.0283. The molecule has 1 aromatic carbocycles. The van der Waals surface area contributed by atoms with Crippen molar-refractivity contribution in [3.63, 3.8) is 0 Å². The van der Waals surface area contributed by atoms with Crippen LogP contribution in [0.15, 0.2) is 18.2 Å². The monoisotopic (exact) mass is 269 g/mol. The van der Waals surface area contributed by atoms with Gasteiger partial charge < -0.3 is 10.1 Å². The van der Waals surface area contributed by atoms with Gasteiger partial charge in [0.1, 0.15) is 11.6 Å². The fourth-order valence-electron chi connectivity index (χ4n) is 2.03. The lowest BCUT2D eigenvalue weighted by Crippen LogP contribution is -2.28. The molecule has 2 rings (SSSR count). The summed E-state index contributed by atoms with van der Waals surface area (Å²) >= 11 is 1.91. The Morgan fingerprint density at radius 1 is 1.50 bits per heavy atom. The molecule has 1 aliphatic carbocycles. The Balaban J connectivity index is 1.98. The van der Waals surface area contributed by atoms with E-state index in [1.54, 1.807) is 19.2 Å². The van der Waals surface area contributed by atoms with Crippen molar-refractivity contribution < 1.29 is 9.13 Å². The van der Waals surface area contributed by atoms with Crippen molar-refractivity contribution >= 4 is 11.8 Å². The summed E-state index contributed by atoms with van der Waals surface area (Å²) in [5, 5.41) is 3.43. The van der Waals surface area contributed by atoms with Gasteiger partial charge in [-0.1, -0.05) is 6.07 Å². The van der Waals surface area contributed by atoms with Crippen LogP contribution in [0.5, 0.6) is 5.75 Å². The Hall–Kier alpha value is -0.740. The predicted octanol–water partition coefficient (Wildman–Crippen LogP) is 3.38. The van der Waals surface area contributed by atoms with E-state index < -0.39 is 0 Å². The summed E-state index contributed by atoms with van der Waals surface area (Å²) in [7, 11) is 1.55. The van der Waals surface area contributed by atoms with E-state index in [0.29, 0.717) is 16.1 Å². The third-order valence-electron chi connectivity index (χ3n) is 3.65. The van der Waals surface area contributed by atoms with Crippen molar-refractivity contribution in [1.82, 2.24) is 5.32 Å². The average molecular weight is 269 g/mol. The first kappa shape index (κ1) is 13.7. The molecule has 18 heavy (non-hydrogen) atoms. The minimum Gasteiger partial charge on any atom is -0.497 e. The Kier molecular flexibility index (Phi) is 4.17. The molecule has 1 unspecified atom stereocenters. The third kappa shape index (κ3) is 2.98. The van der Waals surface area contributed by atoms with Gasteiger partial charge in [-0.15, -0.1) is 0 Å². The van der Waals surface area contributed by atoms with Gasteiger partial charge >= 0.3 is 0 Å². The fourth-order valence-corrected chi connectivity index (χ4v) is 2.77. The highest BCUT2D eigenvalue weighted by molar-refractivity contribution is 8.00. The molecule has 0 amide bonds. The van der Waals surface area contributed by atoms with Crippen LogP contribution in [0.25, 0.3) is 0 Å². The fraction of sp³-hybridized carbons (Fsp3) is 0.571. The highest BCUT2D eigenvalue weighted by atomic mass is 32.2. The minimum atomic E-state index is -0.205. The molecule has 0 spiro atoms. The number of hydrogen-bond donors (Lipinski definition) is 1. The lowest BCUT2D eigenvalue weighted by molar-refractivity contribution is 0.409. The second-order valence-electron chi connectivity index (χ2n) is 4.88. The first-order valence-corrected chi connectivity index (χ1v) is 7.45. The lowest BCUT2D eigenvalue weighted by Gasteiger charge is -2.19. The maximum atomic E-state index is 13.9. The van der Waals surface area contributed by atoms with E-state index in [4.69, 9.17) is 4.74 Å². The molecule has 1 aliphatic rings. The van der Waals surface area contributed by atoms with Crippen LogP contribution in [0.3, 0.4) is 0 Å². The second kappa shape index (κ2) is 5.49. The summed E-state index contributed by atoms with van der Waals surface area (Å²) < 4.78 is 19.3. The van der Waals surface area contributed by atoms with Gasteiger partial charge in [-0.25, -0.2) is 4.39 Å². The smallest absolute Gasteiger partial charge is 0.131 e. The second-order valence-corrected chi connectivity index (χ2v) is 6.15. The van der Waals surface area contributed by atoms with Crippen LogP contribution in [-0.4, -0.2) is 24.7 Å². The molecular weight excluding hydrogens is 249 g/mol. The summed E-state index contributed by atoms with van der Waals surface area (Å²) in [6, 6.07) is 5.07. The molecule has 0 bridgehead atoms. The van der Waals surface area contributed by atoms with Gasteiger partial charge in [-0.3, -0.25) is 0 Å². The Morgan fingerprint density at radius 2 is 2.22 bits per heavy atom. The van der Waals surface area contributed by atoms with Crippen LogP contribution in [-0.2, 0) is 0 Å². The topological polar surface area (TPSA) is 21.3 Å². The van der Waals surface area contributed by atoms with Crippen molar-refractivity contribution in [1.29, 1.82) is 0 Å². The SMILES string of the molecule is COc1ccc(C(C)NCC2(SC)CC2)c(F)c1. The Labute approximate surface area is 112 Å². The van der Waals surface area contributed by atoms with Crippen molar-refractivity contribution in [3.8, 4) is 5.75 Å². The van der Waals surface area contributed by atoms with Gasteiger partial charge in [0.05, 0.1) is 7.11 Å². The van der Waals surface area contributed by atoms with Gasteiger partial charge in [0.25, 0.3) is 0 Å². The van der Waals surface area contributed by atoms with E-state index in [2.05, 4.69) is 11.6 Å². The molecule has 1 aromatic rings. The molecule has 0 aliphatic heterocycles. The third-order valence-corrected chi connectivity index (χ3v) is 5.06. The number of rotatable bonds is 6. The van der Waals surface area contributed by atoms with Crippen molar-refractivity contribution in [2.75, 3.05) is 19.9 Å². The molecule has 2 nitrogen and oxygen atoms in total. The predicted molar refractivity (Wildman–Crippen MR) is 74.8 cm³/mol. The quantitative estimate of drug-likeness (QED) is 0.855. The zero-order valence-electron chi connectivity index (χ0n) is 11.1. The molecule has 1 saturated carbocycles. The zero-order chi connectivity index (χ0) is 13.2. The molecule has 0 saturated heterocycles. The molecule has 1 atom stereocenters. The van der Waals surface area contributed by atoms with Gasteiger partial charge in [0.15, 0.2) is 0 Å². The van der Waals surface area contributed by atoms with E-state index in [1.165, 1.54) is 18.9 Å². The van der Waals surface area contributed by atoms with Crippen molar-refractivity contribution in [3.05, 3.63) is 29.6 Å². The van der Waals surface area contributed by atoms with Gasteiger partial charge in [-0.05, 0) is 32.1 Å². The number of ether oxygens (including phenoxy) is 1. The maximum absolute atomic E-state index is 13.9. The summed E-state index contributed by atoms with van der Waals surface area (Å²) in [5.41, 5.74) is 0.702.